The molecule has 0 N–H and O–H groups in total. The minimum atomic E-state index is -0.343. The van der Waals surface area contributed by atoms with Crippen LogP contribution in [0.2, 0.25) is 0 Å². The maximum Gasteiger partial charge on any atom is 0.132 e. The largest absolute Gasteiger partial charge is 0.300 e. The molecule has 0 fully saturated rings. The summed E-state index contributed by atoms with van der Waals surface area (Å²) in [6.45, 7) is 7.67. The van der Waals surface area contributed by atoms with Crippen LogP contribution in [0.15, 0.2) is 91.0 Å². The average molecular weight is 469 g/mol. The second-order valence-electron chi connectivity index (χ2n) is 10.00. The lowest BCUT2D eigenvalue weighted by molar-refractivity contribution is -0.124. The number of hydrogen-bond donors (Lipinski definition) is 0. The van der Waals surface area contributed by atoms with E-state index in [9.17, 15) is 9.59 Å². The van der Waals surface area contributed by atoms with E-state index in [1.807, 2.05) is 6.92 Å². The first kappa shape index (κ1) is 26.6. The highest BCUT2D eigenvalue weighted by molar-refractivity contribution is 5.81. The lowest BCUT2D eigenvalue weighted by atomic mass is 9.62. The third-order valence-corrected chi connectivity index (χ3v) is 7.82. The fraction of sp³-hybridized carbons (Fsp3) is 0.394. The van der Waals surface area contributed by atoms with Crippen molar-refractivity contribution in [1.82, 2.24) is 0 Å². The van der Waals surface area contributed by atoms with Crippen molar-refractivity contribution in [2.75, 3.05) is 0 Å². The van der Waals surface area contributed by atoms with Gasteiger partial charge in [-0.05, 0) is 68.6 Å². The van der Waals surface area contributed by atoms with Crippen molar-refractivity contribution in [1.29, 1.82) is 0 Å². The molecule has 0 saturated carbocycles. The zero-order valence-corrected chi connectivity index (χ0v) is 21.7. The molecule has 0 aromatic heterocycles. The molecule has 0 bridgehead atoms. The van der Waals surface area contributed by atoms with E-state index < -0.39 is 0 Å². The van der Waals surface area contributed by atoms with Crippen LogP contribution in [0, 0.1) is 11.8 Å². The van der Waals surface area contributed by atoms with Crippen LogP contribution >= 0.6 is 0 Å². The molecule has 0 aliphatic carbocycles. The zero-order valence-electron chi connectivity index (χ0n) is 21.7. The SMILES string of the molecule is CCC(CC(CC(CC(CC)c1ccccc1)(c1ccccc1)c1ccccc1)C(C)=O)C(C)=O. The fourth-order valence-corrected chi connectivity index (χ4v) is 5.66. The molecule has 3 unspecified atom stereocenters. The van der Waals surface area contributed by atoms with Crippen molar-refractivity contribution in [3.8, 4) is 0 Å². The van der Waals surface area contributed by atoms with Gasteiger partial charge in [0.15, 0.2) is 0 Å². The topological polar surface area (TPSA) is 34.1 Å². The Kier molecular flexibility index (Phi) is 9.60. The Labute approximate surface area is 211 Å². The summed E-state index contributed by atoms with van der Waals surface area (Å²) in [7, 11) is 0. The van der Waals surface area contributed by atoms with Crippen molar-refractivity contribution in [3.05, 3.63) is 108 Å². The van der Waals surface area contributed by atoms with Crippen LogP contribution in [0.1, 0.15) is 82.4 Å². The molecule has 0 spiro atoms. The fourth-order valence-electron chi connectivity index (χ4n) is 5.66. The third kappa shape index (κ3) is 6.57. The van der Waals surface area contributed by atoms with Gasteiger partial charge in [0, 0.05) is 17.3 Å². The molecule has 0 aliphatic rings. The van der Waals surface area contributed by atoms with Gasteiger partial charge in [0.25, 0.3) is 0 Å². The van der Waals surface area contributed by atoms with E-state index in [1.165, 1.54) is 16.7 Å². The number of ketones is 2. The summed E-state index contributed by atoms with van der Waals surface area (Å²) in [4.78, 5) is 25.4. The van der Waals surface area contributed by atoms with Crippen LogP contribution in [-0.2, 0) is 15.0 Å². The Morgan fingerprint density at radius 2 is 1.09 bits per heavy atom. The molecule has 2 heteroatoms. The van der Waals surface area contributed by atoms with Gasteiger partial charge in [0.2, 0.25) is 0 Å². The van der Waals surface area contributed by atoms with E-state index in [4.69, 9.17) is 0 Å². The molecule has 0 aliphatic heterocycles. The summed E-state index contributed by atoms with van der Waals surface area (Å²) in [6.07, 6.45) is 4.00. The van der Waals surface area contributed by atoms with Crippen molar-refractivity contribution in [3.63, 3.8) is 0 Å². The van der Waals surface area contributed by atoms with E-state index in [1.54, 1.807) is 13.8 Å². The second-order valence-corrected chi connectivity index (χ2v) is 10.00. The average Bonchev–Trinajstić information content (AvgIpc) is 2.89. The maximum atomic E-state index is 13.1. The van der Waals surface area contributed by atoms with Gasteiger partial charge in [-0.15, -0.1) is 0 Å². The molecule has 0 saturated heterocycles. The second kappa shape index (κ2) is 12.6. The van der Waals surface area contributed by atoms with Crippen LogP contribution in [-0.4, -0.2) is 11.6 Å². The third-order valence-electron chi connectivity index (χ3n) is 7.82. The summed E-state index contributed by atoms with van der Waals surface area (Å²) in [6, 6.07) is 32.1. The molecule has 3 aromatic carbocycles. The standard InChI is InChI=1S/C33H40O2/c1-5-27(25(3)34)22-30(26(4)35)24-33(31-18-12-8-13-19-31,32-20-14-9-15-21-32)23-28(6-2)29-16-10-7-11-17-29/h7-21,27-28,30H,5-6,22-24H2,1-4H3. The van der Waals surface area contributed by atoms with Gasteiger partial charge in [0.05, 0.1) is 0 Å². The maximum absolute atomic E-state index is 13.1. The summed E-state index contributed by atoms with van der Waals surface area (Å²) < 4.78 is 0. The molecule has 0 heterocycles. The molecule has 3 rings (SSSR count). The number of benzene rings is 3. The number of hydrogen-bond acceptors (Lipinski definition) is 2. The first-order valence-electron chi connectivity index (χ1n) is 13.1. The Morgan fingerprint density at radius 3 is 1.49 bits per heavy atom. The monoisotopic (exact) mass is 468 g/mol. The van der Waals surface area contributed by atoms with Gasteiger partial charge in [-0.1, -0.05) is 105 Å². The highest BCUT2D eigenvalue weighted by Crippen LogP contribution is 2.47. The molecule has 184 valence electrons. The predicted octanol–water partition coefficient (Wildman–Crippen LogP) is 8.16. The first-order valence-corrected chi connectivity index (χ1v) is 13.1. The van der Waals surface area contributed by atoms with Crippen LogP contribution in [0.3, 0.4) is 0 Å². The minimum Gasteiger partial charge on any atom is -0.300 e. The van der Waals surface area contributed by atoms with Crippen LogP contribution in [0.4, 0.5) is 0 Å². The van der Waals surface area contributed by atoms with E-state index >= 15 is 0 Å². The highest BCUT2D eigenvalue weighted by Gasteiger charge is 2.40. The van der Waals surface area contributed by atoms with Crippen LogP contribution < -0.4 is 0 Å². The molecular formula is C33H40O2. The van der Waals surface area contributed by atoms with E-state index in [2.05, 4.69) is 97.9 Å². The summed E-state index contributed by atoms with van der Waals surface area (Å²) >= 11 is 0. The molecule has 0 amide bonds. The van der Waals surface area contributed by atoms with Gasteiger partial charge in [-0.25, -0.2) is 0 Å². The minimum absolute atomic E-state index is 0.0794. The van der Waals surface area contributed by atoms with Gasteiger partial charge in [-0.2, -0.15) is 0 Å². The molecule has 0 radical (unpaired) electrons. The van der Waals surface area contributed by atoms with Gasteiger partial charge >= 0.3 is 0 Å². The molecular weight excluding hydrogens is 428 g/mol. The molecule has 3 aromatic rings. The lowest BCUT2D eigenvalue weighted by Gasteiger charge is -2.41. The van der Waals surface area contributed by atoms with Gasteiger partial charge in [0.1, 0.15) is 11.6 Å². The van der Waals surface area contributed by atoms with Crippen LogP contribution in [0.25, 0.3) is 0 Å². The first-order chi connectivity index (χ1) is 16.9. The van der Waals surface area contributed by atoms with E-state index in [0.29, 0.717) is 18.8 Å². The normalized spacial score (nSPS) is 14.2. The molecule has 3 atom stereocenters. The summed E-state index contributed by atoms with van der Waals surface area (Å²) in [5.41, 5.74) is 3.47. The van der Waals surface area contributed by atoms with Crippen molar-refractivity contribution in [2.45, 2.75) is 71.1 Å². The van der Waals surface area contributed by atoms with E-state index in [0.717, 1.165) is 19.3 Å². The van der Waals surface area contributed by atoms with Gasteiger partial charge < -0.3 is 0 Å². The number of rotatable bonds is 13. The zero-order chi connectivity index (χ0) is 25.3. The van der Waals surface area contributed by atoms with Crippen molar-refractivity contribution in [2.24, 2.45) is 11.8 Å². The predicted molar refractivity (Wildman–Crippen MR) is 146 cm³/mol. The molecule has 2 nitrogen and oxygen atoms in total. The Bertz CT molecular complexity index is 1020. The van der Waals surface area contributed by atoms with Crippen molar-refractivity contribution < 1.29 is 9.59 Å². The Morgan fingerprint density at radius 1 is 0.629 bits per heavy atom. The smallest absolute Gasteiger partial charge is 0.132 e. The highest BCUT2D eigenvalue weighted by atomic mass is 16.1. The van der Waals surface area contributed by atoms with Gasteiger partial charge in [-0.3, -0.25) is 9.59 Å². The molecule has 35 heavy (non-hydrogen) atoms. The summed E-state index contributed by atoms with van der Waals surface area (Å²) in [5, 5.41) is 0. The van der Waals surface area contributed by atoms with Crippen LogP contribution in [0.5, 0.6) is 0 Å². The quantitative estimate of drug-likeness (QED) is 0.253. The number of carbonyl (C=O) groups excluding carboxylic acids is 2. The summed E-state index contributed by atoms with van der Waals surface area (Å²) in [5.74, 6) is 0.439. The van der Waals surface area contributed by atoms with E-state index in [-0.39, 0.29) is 28.8 Å². The Balaban J connectivity index is 2.17. The lowest BCUT2D eigenvalue weighted by Crippen LogP contribution is -2.35. The Hall–Kier alpha value is -3.00. The number of Topliss-reactive ketones (excluding diaryl/α,β-unsaturated/α-hetero) is 2. The number of carbonyl (C=O) groups is 2. The van der Waals surface area contributed by atoms with Crippen molar-refractivity contribution >= 4 is 11.6 Å².